The summed E-state index contributed by atoms with van der Waals surface area (Å²) in [6.45, 7) is 4.10. The normalized spacial score (nSPS) is 10.3. The number of hydrogen-bond donors (Lipinski definition) is 2. The maximum absolute atomic E-state index is 11.4. The first-order valence-corrected chi connectivity index (χ1v) is 6.75. The van der Waals surface area contributed by atoms with Crippen molar-refractivity contribution in [3.05, 3.63) is 57.9 Å². The van der Waals surface area contributed by atoms with Crippen LogP contribution in [0.2, 0.25) is 5.02 Å². The van der Waals surface area contributed by atoms with Crippen molar-refractivity contribution in [2.24, 2.45) is 5.84 Å². The van der Waals surface area contributed by atoms with Crippen molar-refractivity contribution >= 4 is 17.5 Å². The molecule has 1 aromatic heterocycles. The van der Waals surface area contributed by atoms with Crippen LogP contribution >= 0.6 is 11.6 Å². The van der Waals surface area contributed by atoms with Crippen molar-refractivity contribution in [1.82, 2.24) is 10.4 Å². The Labute approximate surface area is 128 Å². The first-order valence-electron chi connectivity index (χ1n) is 6.37. The van der Waals surface area contributed by atoms with Crippen LogP contribution < -0.4 is 16.0 Å². The number of nitrogens with zero attached hydrogens (tertiary/aromatic N) is 1. The Morgan fingerprint density at radius 2 is 2.00 bits per heavy atom. The van der Waals surface area contributed by atoms with E-state index in [1.807, 2.05) is 31.4 Å². The van der Waals surface area contributed by atoms with E-state index in [-0.39, 0.29) is 12.3 Å². The average molecular weight is 306 g/mol. The van der Waals surface area contributed by atoms with Crippen molar-refractivity contribution in [3.8, 4) is 5.75 Å². The second-order valence-corrected chi connectivity index (χ2v) is 5.03. The van der Waals surface area contributed by atoms with Gasteiger partial charge in [0.15, 0.2) is 0 Å². The summed E-state index contributed by atoms with van der Waals surface area (Å²) in [6.07, 6.45) is 0. The molecule has 1 amide bonds. The van der Waals surface area contributed by atoms with Gasteiger partial charge >= 0.3 is 0 Å². The summed E-state index contributed by atoms with van der Waals surface area (Å²) >= 11 is 6.11. The fraction of sp³-hybridized carbons (Fsp3) is 0.200. The Morgan fingerprint density at radius 1 is 1.33 bits per heavy atom. The highest BCUT2D eigenvalue weighted by Gasteiger charge is 2.07. The van der Waals surface area contributed by atoms with Crippen LogP contribution in [0.4, 0.5) is 0 Å². The van der Waals surface area contributed by atoms with Crippen LogP contribution in [0.3, 0.4) is 0 Å². The number of aromatic nitrogens is 1. The molecule has 110 valence electrons. The molecule has 3 N–H and O–H groups in total. The molecule has 0 aliphatic carbocycles. The van der Waals surface area contributed by atoms with E-state index in [0.29, 0.717) is 11.4 Å². The van der Waals surface area contributed by atoms with E-state index in [2.05, 4.69) is 4.98 Å². The largest absolute Gasteiger partial charge is 0.487 e. The van der Waals surface area contributed by atoms with Gasteiger partial charge in [0.2, 0.25) is 0 Å². The lowest BCUT2D eigenvalue weighted by Crippen LogP contribution is -2.30. The molecular formula is C15H16ClN3O2. The number of nitrogen functional groups attached to an aromatic ring is 1. The molecular weight excluding hydrogens is 290 g/mol. The van der Waals surface area contributed by atoms with Gasteiger partial charge in [-0.2, -0.15) is 0 Å². The maximum Gasteiger partial charge on any atom is 0.283 e. The molecule has 0 aliphatic heterocycles. The lowest BCUT2D eigenvalue weighted by Gasteiger charge is -2.10. The number of rotatable bonds is 4. The van der Waals surface area contributed by atoms with Gasteiger partial charge in [0.1, 0.15) is 18.1 Å². The minimum Gasteiger partial charge on any atom is -0.487 e. The molecule has 0 atom stereocenters. The van der Waals surface area contributed by atoms with Gasteiger partial charge in [0, 0.05) is 5.02 Å². The summed E-state index contributed by atoms with van der Waals surface area (Å²) in [5.41, 5.74) is 4.85. The van der Waals surface area contributed by atoms with Crippen LogP contribution in [-0.4, -0.2) is 10.9 Å². The molecule has 21 heavy (non-hydrogen) atoms. The van der Waals surface area contributed by atoms with Gasteiger partial charge in [-0.25, -0.2) is 10.8 Å². The van der Waals surface area contributed by atoms with Crippen molar-refractivity contribution in [3.63, 3.8) is 0 Å². The first-order chi connectivity index (χ1) is 10.0. The summed E-state index contributed by atoms with van der Waals surface area (Å²) in [7, 11) is 0. The maximum atomic E-state index is 11.4. The quantitative estimate of drug-likeness (QED) is 0.517. The van der Waals surface area contributed by atoms with E-state index in [4.69, 9.17) is 22.2 Å². The van der Waals surface area contributed by atoms with Crippen LogP contribution in [0.1, 0.15) is 27.3 Å². The van der Waals surface area contributed by atoms with E-state index in [1.165, 1.54) is 0 Å². The molecule has 0 saturated carbocycles. The molecule has 6 heteroatoms. The standard InChI is InChI=1S/C15H16ClN3O2/c1-9-6-12(7-10(2)14(9)16)21-8-11-4-3-5-13(18-11)15(20)19-17/h3-7H,8,17H2,1-2H3,(H,19,20). The Balaban J connectivity index is 2.11. The highest BCUT2D eigenvalue weighted by molar-refractivity contribution is 6.32. The van der Waals surface area contributed by atoms with Crippen molar-refractivity contribution in [2.45, 2.75) is 20.5 Å². The number of aryl methyl sites for hydroxylation is 2. The molecule has 5 nitrogen and oxygen atoms in total. The molecule has 2 aromatic rings. The van der Waals surface area contributed by atoms with E-state index >= 15 is 0 Å². The van der Waals surface area contributed by atoms with Crippen LogP contribution in [0.25, 0.3) is 0 Å². The number of hydrazine groups is 1. The summed E-state index contributed by atoms with van der Waals surface area (Å²) in [6, 6.07) is 8.83. The molecule has 1 aromatic carbocycles. The number of ether oxygens (including phenoxy) is 1. The van der Waals surface area contributed by atoms with Gasteiger partial charge < -0.3 is 4.74 Å². The highest BCUT2D eigenvalue weighted by atomic mass is 35.5. The Hall–Kier alpha value is -2.11. The number of carbonyl (C=O) groups is 1. The first kappa shape index (κ1) is 15.3. The van der Waals surface area contributed by atoms with Gasteiger partial charge in [0.25, 0.3) is 5.91 Å². The zero-order valence-electron chi connectivity index (χ0n) is 11.8. The fourth-order valence-electron chi connectivity index (χ4n) is 1.91. The molecule has 0 unspecified atom stereocenters. The minimum absolute atomic E-state index is 0.252. The summed E-state index contributed by atoms with van der Waals surface area (Å²) in [5, 5.41) is 0.738. The topological polar surface area (TPSA) is 77.2 Å². The van der Waals surface area contributed by atoms with E-state index in [0.717, 1.165) is 16.1 Å². The highest BCUT2D eigenvalue weighted by Crippen LogP contribution is 2.26. The minimum atomic E-state index is -0.435. The molecule has 2 rings (SSSR count). The number of carbonyl (C=O) groups excluding carboxylic acids is 1. The molecule has 0 radical (unpaired) electrons. The van der Waals surface area contributed by atoms with Crippen molar-refractivity contribution < 1.29 is 9.53 Å². The number of nitrogens with one attached hydrogen (secondary N) is 1. The third kappa shape index (κ3) is 3.71. The molecule has 0 fully saturated rings. The summed E-state index contributed by atoms with van der Waals surface area (Å²) in [4.78, 5) is 15.6. The Kier molecular flexibility index (Phi) is 4.77. The van der Waals surface area contributed by atoms with Crippen LogP contribution in [0.15, 0.2) is 30.3 Å². The van der Waals surface area contributed by atoms with Gasteiger partial charge in [0.05, 0.1) is 5.69 Å². The average Bonchev–Trinajstić information content (AvgIpc) is 2.50. The van der Waals surface area contributed by atoms with Crippen molar-refractivity contribution in [1.29, 1.82) is 0 Å². The third-order valence-corrected chi connectivity index (χ3v) is 3.56. The zero-order valence-corrected chi connectivity index (χ0v) is 12.6. The number of halogens is 1. The lowest BCUT2D eigenvalue weighted by atomic mass is 10.1. The number of nitrogens with two attached hydrogens (primary N) is 1. The van der Waals surface area contributed by atoms with E-state index < -0.39 is 5.91 Å². The van der Waals surface area contributed by atoms with E-state index in [9.17, 15) is 4.79 Å². The Morgan fingerprint density at radius 3 is 2.62 bits per heavy atom. The fourth-order valence-corrected chi connectivity index (χ4v) is 2.02. The monoisotopic (exact) mass is 305 g/mol. The van der Waals surface area contributed by atoms with Gasteiger partial charge in [-0.05, 0) is 49.2 Å². The van der Waals surface area contributed by atoms with Crippen LogP contribution in [0.5, 0.6) is 5.75 Å². The number of hydrogen-bond acceptors (Lipinski definition) is 4. The number of amides is 1. The third-order valence-electron chi connectivity index (χ3n) is 2.97. The second-order valence-electron chi connectivity index (χ2n) is 4.65. The van der Waals surface area contributed by atoms with Gasteiger partial charge in [-0.15, -0.1) is 0 Å². The smallest absolute Gasteiger partial charge is 0.283 e. The van der Waals surface area contributed by atoms with Gasteiger partial charge in [-0.1, -0.05) is 17.7 Å². The SMILES string of the molecule is Cc1cc(OCc2cccc(C(=O)NN)n2)cc(C)c1Cl. The summed E-state index contributed by atoms with van der Waals surface area (Å²) < 4.78 is 5.69. The predicted octanol–water partition coefficient (Wildman–Crippen LogP) is 2.53. The molecule has 0 aliphatic rings. The summed E-state index contributed by atoms with van der Waals surface area (Å²) in [5.74, 6) is 5.36. The molecule has 0 saturated heterocycles. The molecule has 0 spiro atoms. The van der Waals surface area contributed by atoms with Gasteiger partial charge in [-0.3, -0.25) is 10.2 Å². The zero-order chi connectivity index (χ0) is 15.4. The number of benzene rings is 1. The number of pyridine rings is 1. The Bertz CT molecular complexity index is 651. The molecule has 0 bridgehead atoms. The predicted molar refractivity (Wildman–Crippen MR) is 81.1 cm³/mol. The van der Waals surface area contributed by atoms with Crippen LogP contribution in [0, 0.1) is 13.8 Å². The van der Waals surface area contributed by atoms with Crippen LogP contribution in [-0.2, 0) is 6.61 Å². The van der Waals surface area contributed by atoms with Crippen molar-refractivity contribution in [2.75, 3.05) is 0 Å². The lowest BCUT2D eigenvalue weighted by molar-refractivity contribution is 0.0948. The van der Waals surface area contributed by atoms with E-state index in [1.54, 1.807) is 18.2 Å². The second kappa shape index (κ2) is 6.56. The molecule has 1 heterocycles.